The molecule has 1 fully saturated rings. The number of aromatic nitrogens is 2. The Balaban J connectivity index is 1.69. The smallest absolute Gasteiger partial charge is 0.268 e. The normalized spacial score (nSPS) is 20.5. The second kappa shape index (κ2) is 11.1. The average molecular weight is 472 g/mol. The van der Waals surface area contributed by atoms with Gasteiger partial charge in [0.1, 0.15) is 11.6 Å². The minimum atomic E-state index is -0.457. The topological polar surface area (TPSA) is 92.4 Å². The third-order valence-corrected chi connectivity index (χ3v) is 6.50. The van der Waals surface area contributed by atoms with Gasteiger partial charge >= 0.3 is 0 Å². The quantitative estimate of drug-likeness (QED) is 0.463. The van der Waals surface area contributed by atoms with Gasteiger partial charge in [0.25, 0.3) is 5.91 Å². The maximum atomic E-state index is 12.8. The van der Waals surface area contributed by atoms with Crippen LogP contribution in [-0.4, -0.2) is 59.4 Å². The SMILES string of the molecule is COCC(C)n1c(C)cc(/C=C(\C#N)C(=O)Nc2nc(CN3CC(C)OC(C)C3)cs2)c1C. The van der Waals surface area contributed by atoms with Crippen molar-refractivity contribution >= 4 is 28.5 Å². The van der Waals surface area contributed by atoms with E-state index in [0.29, 0.717) is 18.3 Å². The summed E-state index contributed by atoms with van der Waals surface area (Å²) in [5, 5.41) is 14.8. The monoisotopic (exact) mass is 471 g/mol. The molecule has 8 nitrogen and oxygen atoms in total. The molecule has 1 saturated heterocycles. The number of nitrogens with zero attached hydrogens (tertiary/aromatic N) is 4. The van der Waals surface area contributed by atoms with Gasteiger partial charge in [0.05, 0.1) is 30.6 Å². The number of nitriles is 1. The van der Waals surface area contributed by atoms with Crippen LogP contribution in [0.4, 0.5) is 5.13 Å². The van der Waals surface area contributed by atoms with Crippen LogP contribution in [0.3, 0.4) is 0 Å². The van der Waals surface area contributed by atoms with E-state index in [0.717, 1.165) is 35.7 Å². The second-order valence-corrected chi connectivity index (χ2v) is 9.58. The van der Waals surface area contributed by atoms with Crippen molar-refractivity contribution in [3.63, 3.8) is 0 Å². The lowest BCUT2D eigenvalue weighted by Gasteiger charge is -2.34. The third kappa shape index (κ3) is 6.30. The van der Waals surface area contributed by atoms with Gasteiger partial charge in [-0.25, -0.2) is 4.98 Å². The van der Waals surface area contributed by atoms with Crippen molar-refractivity contribution in [2.45, 2.75) is 59.4 Å². The van der Waals surface area contributed by atoms with E-state index in [4.69, 9.17) is 9.47 Å². The number of ether oxygens (including phenoxy) is 2. The summed E-state index contributed by atoms with van der Waals surface area (Å²) < 4.78 is 13.2. The summed E-state index contributed by atoms with van der Waals surface area (Å²) in [6, 6.07) is 4.17. The number of anilines is 1. The Morgan fingerprint density at radius 2 is 2.12 bits per heavy atom. The highest BCUT2D eigenvalue weighted by atomic mass is 32.1. The number of rotatable bonds is 8. The molecule has 0 spiro atoms. The first-order valence-corrected chi connectivity index (χ1v) is 12.0. The van der Waals surface area contributed by atoms with Crippen molar-refractivity contribution in [2.24, 2.45) is 0 Å². The molecule has 0 radical (unpaired) electrons. The standard InChI is InChI=1S/C24H33N5O3S/c1-15-7-20(19(5)29(15)16(2)13-31-6)8-21(9-25)23(30)27-24-26-22(14-33-24)12-28-10-17(3)32-18(4)11-28/h7-8,14,16-18H,10-13H2,1-6H3,(H,26,27,30)/b21-8+. The van der Waals surface area contributed by atoms with E-state index in [1.807, 2.05) is 31.4 Å². The molecule has 1 amide bonds. The van der Waals surface area contributed by atoms with Gasteiger partial charge in [-0.15, -0.1) is 11.3 Å². The van der Waals surface area contributed by atoms with E-state index >= 15 is 0 Å². The second-order valence-electron chi connectivity index (χ2n) is 8.72. The number of aryl methyl sites for hydroxylation is 1. The van der Waals surface area contributed by atoms with Gasteiger partial charge in [0.2, 0.25) is 0 Å². The average Bonchev–Trinajstić information content (AvgIpc) is 3.28. The number of carbonyl (C=O) groups excluding carboxylic acids is 1. The van der Waals surface area contributed by atoms with Gasteiger partial charge < -0.3 is 14.0 Å². The number of carbonyl (C=O) groups is 1. The molecule has 2 aromatic heterocycles. The molecular weight excluding hydrogens is 438 g/mol. The van der Waals surface area contributed by atoms with E-state index < -0.39 is 5.91 Å². The minimum absolute atomic E-state index is 0.0437. The molecule has 0 bridgehead atoms. The Kier molecular flexibility index (Phi) is 8.43. The van der Waals surface area contributed by atoms with E-state index in [9.17, 15) is 10.1 Å². The van der Waals surface area contributed by atoms with Crippen molar-refractivity contribution in [2.75, 3.05) is 32.1 Å². The summed E-state index contributed by atoms with van der Waals surface area (Å²) in [4.78, 5) is 19.6. The van der Waals surface area contributed by atoms with Crippen LogP contribution in [0.2, 0.25) is 0 Å². The first-order valence-electron chi connectivity index (χ1n) is 11.1. The predicted octanol–water partition coefficient (Wildman–Crippen LogP) is 3.92. The van der Waals surface area contributed by atoms with Crippen molar-refractivity contribution in [1.29, 1.82) is 5.26 Å². The number of nitrogens with one attached hydrogen (secondary N) is 1. The van der Waals surface area contributed by atoms with Crippen LogP contribution in [0.1, 0.15) is 49.5 Å². The molecule has 0 saturated carbocycles. The molecule has 2 aromatic rings. The molecule has 1 aliphatic rings. The summed E-state index contributed by atoms with van der Waals surface area (Å²) >= 11 is 1.37. The fraction of sp³-hybridized carbons (Fsp3) is 0.542. The van der Waals surface area contributed by atoms with Gasteiger partial charge in [0.15, 0.2) is 5.13 Å². The van der Waals surface area contributed by atoms with Gasteiger partial charge in [-0.05, 0) is 52.3 Å². The third-order valence-electron chi connectivity index (χ3n) is 5.69. The lowest BCUT2D eigenvalue weighted by Crippen LogP contribution is -2.44. The zero-order chi connectivity index (χ0) is 24.1. The van der Waals surface area contributed by atoms with Gasteiger partial charge in [-0.3, -0.25) is 15.0 Å². The van der Waals surface area contributed by atoms with Crippen LogP contribution >= 0.6 is 11.3 Å². The molecule has 3 rings (SSSR count). The Morgan fingerprint density at radius 1 is 1.42 bits per heavy atom. The number of hydrogen-bond donors (Lipinski definition) is 1. The minimum Gasteiger partial charge on any atom is -0.383 e. The predicted molar refractivity (Wildman–Crippen MR) is 130 cm³/mol. The van der Waals surface area contributed by atoms with E-state index in [2.05, 4.69) is 40.5 Å². The molecule has 3 heterocycles. The Bertz CT molecular complexity index is 1040. The highest BCUT2D eigenvalue weighted by molar-refractivity contribution is 7.14. The maximum Gasteiger partial charge on any atom is 0.268 e. The number of hydrogen-bond acceptors (Lipinski definition) is 7. The molecule has 1 N–H and O–H groups in total. The maximum absolute atomic E-state index is 12.8. The summed E-state index contributed by atoms with van der Waals surface area (Å²) in [5.41, 5.74) is 3.83. The lowest BCUT2D eigenvalue weighted by atomic mass is 10.1. The molecule has 9 heteroatoms. The first kappa shape index (κ1) is 25.1. The molecule has 3 atom stereocenters. The largest absolute Gasteiger partial charge is 0.383 e. The highest BCUT2D eigenvalue weighted by Crippen LogP contribution is 2.24. The van der Waals surface area contributed by atoms with Crippen LogP contribution in [0, 0.1) is 25.2 Å². The molecule has 33 heavy (non-hydrogen) atoms. The van der Waals surface area contributed by atoms with Gasteiger partial charge in [-0.1, -0.05) is 0 Å². The molecule has 3 unspecified atom stereocenters. The van der Waals surface area contributed by atoms with Crippen molar-refractivity contribution in [3.8, 4) is 6.07 Å². The molecule has 1 aliphatic heterocycles. The van der Waals surface area contributed by atoms with Gasteiger partial charge in [0, 0.05) is 43.5 Å². The summed E-state index contributed by atoms with van der Waals surface area (Å²) in [7, 11) is 1.68. The Hall–Kier alpha value is -2.51. The summed E-state index contributed by atoms with van der Waals surface area (Å²) in [6.45, 7) is 13.2. The Morgan fingerprint density at radius 3 is 2.76 bits per heavy atom. The van der Waals surface area contributed by atoms with Crippen molar-refractivity contribution in [3.05, 3.63) is 39.7 Å². The van der Waals surface area contributed by atoms with Crippen LogP contribution < -0.4 is 5.32 Å². The van der Waals surface area contributed by atoms with E-state index in [-0.39, 0.29) is 23.8 Å². The van der Waals surface area contributed by atoms with Crippen molar-refractivity contribution < 1.29 is 14.3 Å². The van der Waals surface area contributed by atoms with E-state index in [1.165, 1.54) is 11.3 Å². The molecule has 178 valence electrons. The first-order chi connectivity index (χ1) is 15.7. The number of amides is 1. The lowest BCUT2D eigenvalue weighted by molar-refractivity contribution is -0.112. The van der Waals surface area contributed by atoms with Crippen LogP contribution in [0.25, 0.3) is 6.08 Å². The Labute approximate surface area is 199 Å². The van der Waals surface area contributed by atoms with Crippen molar-refractivity contribution in [1.82, 2.24) is 14.5 Å². The van der Waals surface area contributed by atoms with E-state index in [1.54, 1.807) is 13.2 Å². The fourth-order valence-electron chi connectivity index (χ4n) is 4.49. The number of methoxy groups -OCH3 is 1. The fourth-order valence-corrected chi connectivity index (χ4v) is 5.19. The molecule has 0 aromatic carbocycles. The summed E-state index contributed by atoms with van der Waals surface area (Å²) in [6.07, 6.45) is 2.02. The zero-order valence-electron chi connectivity index (χ0n) is 20.2. The van der Waals surface area contributed by atoms with Crippen LogP contribution in [0.15, 0.2) is 17.0 Å². The van der Waals surface area contributed by atoms with Gasteiger partial charge in [-0.2, -0.15) is 5.26 Å². The number of thiazole rings is 1. The summed E-state index contributed by atoms with van der Waals surface area (Å²) in [5.74, 6) is -0.457. The number of morpholine rings is 1. The molecular formula is C24H33N5O3S. The zero-order valence-corrected chi connectivity index (χ0v) is 21.0. The highest BCUT2D eigenvalue weighted by Gasteiger charge is 2.23. The van der Waals surface area contributed by atoms with Crippen LogP contribution in [0.5, 0.6) is 0 Å². The van der Waals surface area contributed by atoms with Crippen LogP contribution in [-0.2, 0) is 20.8 Å². The molecule has 0 aliphatic carbocycles.